The molecule has 0 fully saturated rings. The lowest BCUT2D eigenvalue weighted by atomic mass is 9.96. The van der Waals surface area contributed by atoms with Crippen molar-refractivity contribution < 1.29 is 0 Å². The predicted octanol–water partition coefficient (Wildman–Crippen LogP) is 10.9. The number of hydrogen-bond donors (Lipinski definition) is 0. The highest BCUT2D eigenvalue weighted by Gasteiger charge is 2.21. The van der Waals surface area contributed by atoms with E-state index < -0.39 is 0 Å². The summed E-state index contributed by atoms with van der Waals surface area (Å²) < 4.78 is 0. The summed E-state index contributed by atoms with van der Waals surface area (Å²) in [6, 6.07) is 31.2. The van der Waals surface area contributed by atoms with Crippen LogP contribution in [0.2, 0.25) is 0 Å². The quantitative estimate of drug-likeness (QED) is 0.213. The molecule has 1 aliphatic carbocycles. The molecule has 0 unspecified atom stereocenters. The number of hydrogen-bond acceptors (Lipinski definition) is 0. The van der Waals surface area contributed by atoms with Crippen molar-refractivity contribution in [3.05, 3.63) is 84.9 Å². The summed E-state index contributed by atoms with van der Waals surface area (Å²) in [6.07, 6.45) is 0. The Bertz CT molecular complexity index is 1200. The van der Waals surface area contributed by atoms with Crippen LogP contribution < -0.4 is 0 Å². The highest BCUT2D eigenvalue weighted by atomic mass is 14.2. The van der Waals surface area contributed by atoms with E-state index in [0.717, 1.165) is 0 Å². The lowest BCUT2D eigenvalue weighted by Crippen LogP contribution is -1.81. The topological polar surface area (TPSA) is 0 Å². The van der Waals surface area contributed by atoms with Crippen LogP contribution in [0.25, 0.3) is 54.6 Å². The summed E-state index contributed by atoms with van der Waals surface area (Å²) in [4.78, 5) is 0. The molecule has 0 nitrogen and oxygen atoms in total. The summed E-state index contributed by atoms with van der Waals surface area (Å²) in [5.41, 5.74) is 5.47. The molecule has 0 aliphatic heterocycles. The molecule has 0 heterocycles. The summed E-state index contributed by atoms with van der Waals surface area (Å²) in [5, 5.41) is 7.97. The third-order valence-corrected chi connectivity index (χ3v) is 5.33. The minimum absolute atomic E-state index is 1.30. The summed E-state index contributed by atoms with van der Waals surface area (Å²) >= 11 is 0. The Balaban J connectivity index is 0.000000413. The van der Waals surface area contributed by atoms with E-state index in [1.165, 1.54) is 54.6 Å². The van der Waals surface area contributed by atoms with Gasteiger partial charge in [-0.25, -0.2) is 0 Å². The first-order chi connectivity index (χ1) is 15.9. The smallest absolute Gasteiger partial charge is 0.00264 e. The maximum atomic E-state index is 2.37. The Morgan fingerprint density at radius 1 is 0.312 bits per heavy atom. The van der Waals surface area contributed by atoms with Crippen molar-refractivity contribution >= 4 is 32.3 Å². The molecule has 0 atom stereocenters. The van der Waals surface area contributed by atoms with E-state index in [1.54, 1.807) is 0 Å². The molecule has 0 saturated carbocycles. The van der Waals surface area contributed by atoms with E-state index in [4.69, 9.17) is 0 Å². The van der Waals surface area contributed by atoms with Crippen molar-refractivity contribution in [2.75, 3.05) is 0 Å². The average molecular weight is 423 g/mol. The van der Waals surface area contributed by atoms with Gasteiger partial charge in [-0.05, 0) is 78.8 Å². The molecule has 32 heavy (non-hydrogen) atoms. The van der Waals surface area contributed by atoms with Crippen molar-refractivity contribution in [1.82, 2.24) is 0 Å². The Hall–Kier alpha value is -3.12. The lowest BCUT2D eigenvalue weighted by molar-refractivity contribution is 1.50. The van der Waals surface area contributed by atoms with Crippen LogP contribution >= 0.6 is 0 Å². The molecule has 0 amide bonds. The molecule has 0 aromatic heterocycles. The van der Waals surface area contributed by atoms with Crippen LogP contribution in [0, 0.1) is 0 Å². The molecule has 5 aromatic carbocycles. The fourth-order valence-electron chi connectivity index (χ4n) is 4.23. The second kappa shape index (κ2) is 12.1. The summed E-state index contributed by atoms with van der Waals surface area (Å²) in [6.45, 7) is 16.0. The van der Waals surface area contributed by atoms with Gasteiger partial charge in [-0.15, -0.1) is 0 Å². The van der Waals surface area contributed by atoms with E-state index in [9.17, 15) is 0 Å². The first-order valence-electron chi connectivity index (χ1n) is 12.4. The minimum Gasteiger partial charge on any atom is -0.0683 e. The van der Waals surface area contributed by atoms with Gasteiger partial charge < -0.3 is 0 Å². The zero-order chi connectivity index (χ0) is 23.7. The molecule has 0 saturated heterocycles. The molecule has 6 rings (SSSR count). The Morgan fingerprint density at radius 2 is 0.688 bits per heavy atom. The molecule has 5 aromatic rings. The molecule has 1 aliphatic rings. The number of fused-ring (bicyclic) bond motifs is 5. The standard InChI is InChI=1S/C24H14.4C2H6/c1-2-6-17-12-19-14-23-21-10-4-8-15-7-3-9-20(24(15)21)22(23)13-18(19)11-16(17)5-1;4*1-2/h1-14H;4*1-2H3. The molecular weight excluding hydrogens is 384 g/mol. The van der Waals surface area contributed by atoms with Crippen molar-refractivity contribution in [2.45, 2.75) is 55.4 Å². The van der Waals surface area contributed by atoms with Crippen LogP contribution in [0.5, 0.6) is 0 Å². The highest BCUT2D eigenvalue weighted by molar-refractivity contribution is 6.17. The number of benzene rings is 5. The van der Waals surface area contributed by atoms with Crippen LogP contribution in [-0.4, -0.2) is 0 Å². The molecule has 166 valence electrons. The van der Waals surface area contributed by atoms with E-state index in [1.807, 2.05) is 55.4 Å². The summed E-state index contributed by atoms with van der Waals surface area (Å²) in [7, 11) is 0. The third-order valence-electron chi connectivity index (χ3n) is 5.33. The molecule has 0 N–H and O–H groups in total. The van der Waals surface area contributed by atoms with E-state index in [2.05, 4.69) is 84.9 Å². The molecule has 0 bridgehead atoms. The predicted molar refractivity (Wildman–Crippen MR) is 149 cm³/mol. The van der Waals surface area contributed by atoms with Crippen molar-refractivity contribution in [3.63, 3.8) is 0 Å². The van der Waals surface area contributed by atoms with Gasteiger partial charge in [0.25, 0.3) is 0 Å². The maximum absolute atomic E-state index is 2.37. The Labute approximate surface area is 194 Å². The van der Waals surface area contributed by atoms with Crippen molar-refractivity contribution in [1.29, 1.82) is 0 Å². The molecule has 0 heteroatoms. The van der Waals surface area contributed by atoms with Crippen molar-refractivity contribution in [2.24, 2.45) is 0 Å². The second-order valence-electron chi connectivity index (χ2n) is 6.65. The maximum Gasteiger partial charge on any atom is -0.00264 e. The van der Waals surface area contributed by atoms with Gasteiger partial charge in [0.05, 0.1) is 0 Å². The SMILES string of the molecule is CC.CC.CC.CC.c1ccc2cc3cc4c(cc3cc2c1)-c1cccc2cccc-4c12. The Kier molecular flexibility index (Phi) is 9.47. The highest BCUT2D eigenvalue weighted by Crippen LogP contribution is 2.48. The largest absolute Gasteiger partial charge is 0.0683 e. The average Bonchev–Trinajstić information content (AvgIpc) is 3.21. The first kappa shape index (κ1) is 25.1. The van der Waals surface area contributed by atoms with E-state index in [0.29, 0.717) is 0 Å². The summed E-state index contributed by atoms with van der Waals surface area (Å²) in [5.74, 6) is 0. The normalized spacial score (nSPS) is 9.88. The van der Waals surface area contributed by atoms with E-state index >= 15 is 0 Å². The zero-order valence-corrected chi connectivity index (χ0v) is 21.1. The lowest BCUT2D eigenvalue weighted by Gasteiger charge is -2.07. The van der Waals surface area contributed by atoms with Gasteiger partial charge in [0.2, 0.25) is 0 Å². The van der Waals surface area contributed by atoms with Crippen molar-refractivity contribution in [3.8, 4) is 22.3 Å². The van der Waals surface area contributed by atoms with Gasteiger partial charge >= 0.3 is 0 Å². The molecule has 0 radical (unpaired) electrons. The molecule has 0 spiro atoms. The van der Waals surface area contributed by atoms with E-state index in [-0.39, 0.29) is 0 Å². The van der Waals surface area contributed by atoms with Gasteiger partial charge in [-0.2, -0.15) is 0 Å². The zero-order valence-electron chi connectivity index (χ0n) is 21.1. The van der Waals surface area contributed by atoms with Crippen LogP contribution in [0.1, 0.15) is 55.4 Å². The third kappa shape index (κ3) is 4.41. The van der Waals surface area contributed by atoms with Crippen LogP contribution in [-0.2, 0) is 0 Å². The molecular formula is C32H38. The fraction of sp³-hybridized carbons (Fsp3) is 0.250. The second-order valence-corrected chi connectivity index (χ2v) is 6.65. The fourth-order valence-corrected chi connectivity index (χ4v) is 4.23. The van der Waals surface area contributed by atoms with Gasteiger partial charge in [0.15, 0.2) is 0 Å². The minimum atomic E-state index is 1.30. The number of rotatable bonds is 0. The first-order valence-corrected chi connectivity index (χ1v) is 12.4. The van der Waals surface area contributed by atoms with Crippen LogP contribution in [0.4, 0.5) is 0 Å². The monoisotopic (exact) mass is 422 g/mol. The van der Waals surface area contributed by atoms with Crippen LogP contribution in [0.3, 0.4) is 0 Å². The van der Waals surface area contributed by atoms with Gasteiger partial charge in [0.1, 0.15) is 0 Å². The van der Waals surface area contributed by atoms with Gasteiger partial charge in [-0.1, -0.05) is 116 Å². The van der Waals surface area contributed by atoms with Gasteiger partial charge in [-0.3, -0.25) is 0 Å². The Morgan fingerprint density at radius 3 is 1.09 bits per heavy atom. The van der Waals surface area contributed by atoms with Crippen LogP contribution in [0.15, 0.2) is 84.9 Å². The van der Waals surface area contributed by atoms with Gasteiger partial charge in [0, 0.05) is 0 Å².